The van der Waals surface area contributed by atoms with Crippen molar-refractivity contribution in [2.45, 2.75) is 51.6 Å². The summed E-state index contributed by atoms with van der Waals surface area (Å²) in [4.78, 5) is 6.79. The van der Waals surface area contributed by atoms with Gasteiger partial charge in [-0.1, -0.05) is 29.6 Å². The van der Waals surface area contributed by atoms with E-state index in [9.17, 15) is 4.39 Å². The Labute approximate surface area is 175 Å². The molecule has 0 amide bonds. The summed E-state index contributed by atoms with van der Waals surface area (Å²) >= 11 is 5.79. The first-order valence-electron chi connectivity index (χ1n) is 9.93. The number of nitrogens with two attached hydrogens (primary N) is 1. The van der Waals surface area contributed by atoms with Crippen LogP contribution in [-0.4, -0.2) is 46.2 Å². The van der Waals surface area contributed by atoms with Crippen LogP contribution in [0.2, 0.25) is 5.02 Å². The van der Waals surface area contributed by atoms with Crippen molar-refractivity contribution in [2.24, 2.45) is 10.7 Å². The fraction of sp³-hybridized carbons (Fsp3) is 0.550. The summed E-state index contributed by atoms with van der Waals surface area (Å²) in [5.41, 5.74) is 7.47. The minimum Gasteiger partial charge on any atom is -0.382 e. The number of aliphatic imine (C=N–C) groups is 1. The number of hydrogen-bond acceptors (Lipinski definition) is 6. The molecule has 1 fully saturated rings. The summed E-state index contributed by atoms with van der Waals surface area (Å²) < 4.78 is 18.2. The van der Waals surface area contributed by atoms with Crippen molar-refractivity contribution >= 4 is 23.1 Å². The van der Waals surface area contributed by atoms with Crippen LogP contribution in [0.15, 0.2) is 27.8 Å². The molecule has 1 aromatic heterocycles. The van der Waals surface area contributed by atoms with Gasteiger partial charge in [-0.2, -0.15) is 0 Å². The van der Waals surface area contributed by atoms with Crippen molar-refractivity contribution in [2.75, 3.05) is 19.6 Å². The standard InChI is InChI=1S/C20H28ClFN6O/c1-20(2,28-9-5-3-4-6-10-28)13-24-12-17-18(27-29-26-17)19(23)25-14-7-8-16(22)15(21)11-14/h7-8,11,24H,3-6,9-10,12-13H2,1-2H3,(H2,23,25). The second-order valence-corrected chi connectivity index (χ2v) is 8.38. The van der Waals surface area contributed by atoms with Gasteiger partial charge >= 0.3 is 0 Å². The summed E-state index contributed by atoms with van der Waals surface area (Å²) in [6, 6.07) is 4.13. The maximum atomic E-state index is 13.3. The van der Waals surface area contributed by atoms with Gasteiger partial charge in [-0.3, -0.25) is 4.90 Å². The number of benzene rings is 1. The molecule has 0 unspecified atom stereocenters. The van der Waals surface area contributed by atoms with E-state index in [1.165, 1.54) is 43.9 Å². The Bertz CT molecular complexity index is 845. The number of aromatic nitrogens is 2. The summed E-state index contributed by atoms with van der Waals surface area (Å²) in [6.07, 6.45) is 5.13. The van der Waals surface area contributed by atoms with E-state index in [-0.39, 0.29) is 16.4 Å². The van der Waals surface area contributed by atoms with E-state index in [0.717, 1.165) is 19.6 Å². The maximum absolute atomic E-state index is 13.3. The molecule has 0 radical (unpaired) electrons. The van der Waals surface area contributed by atoms with Gasteiger partial charge in [0.15, 0.2) is 11.5 Å². The lowest BCUT2D eigenvalue weighted by Gasteiger charge is -2.38. The second kappa shape index (κ2) is 9.65. The highest BCUT2D eigenvalue weighted by atomic mass is 35.5. The minimum absolute atomic E-state index is 0.0186. The van der Waals surface area contributed by atoms with Crippen molar-refractivity contribution in [3.8, 4) is 0 Å². The van der Waals surface area contributed by atoms with Crippen LogP contribution in [0.1, 0.15) is 50.9 Å². The van der Waals surface area contributed by atoms with Crippen molar-refractivity contribution < 1.29 is 9.02 Å². The minimum atomic E-state index is -0.510. The number of likely N-dealkylation sites (tertiary alicyclic amines) is 1. The van der Waals surface area contributed by atoms with E-state index in [1.54, 1.807) is 0 Å². The number of halogens is 2. The van der Waals surface area contributed by atoms with E-state index in [0.29, 0.717) is 23.6 Å². The quantitative estimate of drug-likeness (QED) is 0.522. The van der Waals surface area contributed by atoms with Gasteiger partial charge in [0.2, 0.25) is 0 Å². The number of hydrogen-bond donors (Lipinski definition) is 2. The first kappa shape index (κ1) is 21.7. The molecule has 2 aromatic rings. The molecule has 1 aliphatic heterocycles. The van der Waals surface area contributed by atoms with Gasteiger partial charge in [0.1, 0.15) is 11.5 Å². The topological polar surface area (TPSA) is 92.6 Å². The molecule has 0 bridgehead atoms. The Balaban J connectivity index is 1.62. The van der Waals surface area contributed by atoms with E-state index in [4.69, 9.17) is 22.0 Å². The molecule has 1 saturated heterocycles. The lowest BCUT2D eigenvalue weighted by molar-refractivity contribution is 0.122. The molecule has 0 atom stereocenters. The van der Waals surface area contributed by atoms with Crippen molar-refractivity contribution in [3.63, 3.8) is 0 Å². The molecule has 0 saturated carbocycles. The first-order valence-corrected chi connectivity index (χ1v) is 10.3. The summed E-state index contributed by atoms with van der Waals surface area (Å²) in [7, 11) is 0. The predicted octanol–water partition coefficient (Wildman–Crippen LogP) is 3.64. The number of nitrogens with one attached hydrogen (secondary N) is 1. The Hall–Kier alpha value is -2.03. The lowest BCUT2D eigenvalue weighted by Crippen LogP contribution is -2.50. The van der Waals surface area contributed by atoms with Gasteiger partial charge in [-0.25, -0.2) is 14.0 Å². The molecule has 158 valence electrons. The van der Waals surface area contributed by atoms with Gasteiger partial charge < -0.3 is 11.1 Å². The highest BCUT2D eigenvalue weighted by molar-refractivity contribution is 6.31. The summed E-state index contributed by atoms with van der Waals surface area (Å²) in [5.74, 6) is -0.373. The van der Waals surface area contributed by atoms with Crippen LogP contribution in [0.3, 0.4) is 0 Å². The van der Waals surface area contributed by atoms with Crippen LogP contribution in [0.4, 0.5) is 10.1 Å². The van der Waals surface area contributed by atoms with Gasteiger partial charge in [0.25, 0.3) is 0 Å². The van der Waals surface area contributed by atoms with Gasteiger partial charge in [0.05, 0.1) is 10.7 Å². The number of amidine groups is 1. The van der Waals surface area contributed by atoms with Crippen molar-refractivity contribution in [1.82, 2.24) is 20.5 Å². The van der Waals surface area contributed by atoms with Crippen LogP contribution >= 0.6 is 11.6 Å². The van der Waals surface area contributed by atoms with Crippen LogP contribution in [0.5, 0.6) is 0 Å². The fourth-order valence-electron chi connectivity index (χ4n) is 3.54. The molecule has 3 rings (SSSR count). The normalized spacial score (nSPS) is 16.8. The van der Waals surface area contributed by atoms with E-state index >= 15 is 0 Å². The van der Waals surface area contributed by atoms with E-state index in [2.05, 4.69) is 39.4 Å². The monoisotopic (exact) mass is 422 g/mol. The first-order chi connectivity index (χ1) is 13.9. The van der Waals surface area contributed by atoms with E-state index < -0.39 is 5.82 Å². The van der Waals surface area contributed by atoms with E-state index in [1.807, 2.05) is 0 Å². The smallest absolute Gasteiger partial charge is 0.174 e. The molecule has 1 aromatic carbocycles. The molecule has 29 heavy (non-hydrogen) atoms. The third-order valence-electron chi connectivity index (χ3n) is 5.26. The van der Waals surface area contributed by atoms with Crippen LogP contribution < -0.4 is 11.1 Å². The average Bonchev–Trinajstić information content (AvgIpc) is 2.96. The Kier molecular flexibility index (Phi) is 7.21. The lowest BCUT2D eigenvalue weighted by atomic mass is 10.0. The highest BCUT2D eigenvalue weighted by Gasteiger charge is 2.27. The Morgan fingerprint density at radius 3 is 2.69 bits per heavy atom. The third kappa shape index (κ3) is 5.74. The van der Waals surface area contributed by atoms with Gasteiger partial charge in [-0.05, 0) is 63.1 Å². The zero-order chi connectivity index (χ0) is 20.9. The molecule has 3 N–H and O–H groups in total. The van der Waals surface area contributed by atoms with Gasteiger partial charge in [0, 0.05) is 18.6 Å². The third-order valence-corrected chi connectivity index (χ3v) is 5.55. The highest BCUT2D eigenvalue weighted by Crippen LogP contribution is 2.22. The average molecular weight is 423 g/mol. The summed E-state index contributed by atoms with van der Waals surface area (Å²) in [6.45, 7) is 8.01. The second-order valence-electron chi connectivity index (χ2n) is 7.97. The SMILES string of the molecule is CC(C)(CNCc1nonc1C(N)=Nc1ccc(F)c(Cl)c1)N1CCCCCC1. The molecule has 1 aliphatic rings. The summed E-state index contributed by atoms with van der Waals surface area (Å²) in [5, 5.41) is 11.2. The largest absolute Gasteiger partial charge is 0.382 e. The zero-order valence-electron chi connectivity index (χ0n) is 16.9. The van der Waals surface area contributed by atoms with Crippen LogP contribution in [-0.2, 0) is 6.54 Å². The molecule has 9 heteroatoms. The predicted molar refractivity (Wildman–Crippen MR) is 112 cm³/mol. The number of nitrogens with zero attached hydrogens (tertiary/aromatic N) is 4. The Morgan fingerprint density at radius 2 is 2.00 bits per heavy atom. The maximum Gasteiger partial charge on any atom is 0.174 e. The fourth-order valence-corrected chi connectivity index (χ4v) is 3.71. The Morgan fingerprint density at radius 1 is 1.28 bits per heavy atom. The molecular weight excluding hydrogens is 395 g/mol. The van der Waals surface area contributed by atoms with Gasteiger partial charge in [-0.15, -0.1) is 0 Å². The zero-order valence-corrected chi connectivity index (χ0v) is 17.7. The van der Waals surface area contributed by atoms with Crippen LogP contribution in [0, 0.1) is 5.82 Å². The molecule has 0 spiro atoms. The molecular formula is C20H28ClFN6O. The van der Waals surface area contributed by atoms with Crippen molar-refractivity contribution in [1.29, 1.82) is 0 Å². The van der Waals surface area contributed by atoms with Crippen molar-refractivity contribution in [3.05, 3.63) is 40.4 Å². The molecule has 0 aliphatic carbocycles. The molecule has 2 heterocycles. The number of rotatable bonds is 7. The van der Waals surface area contributed by atoms with Crippen LogP contribution in [0.25, 0.3) is 0 Å². The molecule has 7 nitrogen and oxygen atoms in total.